The number of aromatic nitrogens is 2. The van der Waals surface area contributed by atoms with Gasteiger partial charge in [-0.15, -0.1) is 16.4 Å². The minimum atomic E-state index is 0.0620. The lowest BCUT2D eigenvalue weighted by atomic mass is 10.1. The van der Waals surface area contributed by atoms with Gasteiger partial charge in [-0.25, -0.2) is 0 Å². The van der Waals surface area contributed by atoms with Crippen LogP contribution in [-0.2, 0) is 4.79 Å². The first-order chi connectivity index (χ1) is 11.2. The summed E-state index contributed by atoms with van der Waals surface area (Å²) in [7, 11) is 0. The van der Waals surface area contributed by atoms with Crippen LogP contribution in [0, 0.1) is 6.92 Å². The Hall–Kier alpha value is -2.21. The molecule has 1 aliphatic heterocycles. The second-order valence-electron chi connectivity index (χ2n) is 5.50. The Bertz CT molecular complexity index is 660. The first-order valence-corrected chi connectivity index (χ1v) is 8.56. The number of nitrogens with zero attached hydrogens (tertiary/aromatic N) is 3. The summed E-state index contributed by atoms with van der Waals surface area (Å²) in [5.41, 5.74) is 0.871. The number of carbonyl (C=O) groups is 1. The second-order valence-corrected chi connectivity index (χ2v) is 6.48. The molecule has 23 heavy (non-hydrogen) atoms. The van der Waals surface area contributed by atoms with Crippen molar-refractivity contribution in [3.05, 3.63) is 46.3 Å². The number of rotatable bonds is 4. The number of hydrogen-bond acceptors (Lipinski definition) is 5. The van der Waals surface area contributed by atoms with Gasteiger partial charge in [0.25, 0.3) is 0 Å². The van der Waals surface area contributed by atoms with E-state index in [9.17, 15) is 4.79 Å². The van der Waals surface area contributed by atoms with Crippen molar-refractivity contribution < 1.29 is 9.53 Å². The largest absolute Gasteiger partial charge is 0.473 e. The van der Waals surface area contributed by atoms with Crippen LogP contribution in [0.15, 0.2) is 35.7 Å². The Morgan fingerprint density at radius 2 is 2.13 bits per heavy atom. The smallest absolute Gasteiger partial charge is 0.246 e. The molecule has 120 valence electrons. The maximum atomic E-state index is 12.2. The molecule has 0 aromatic carbocycles. The number of ether oxygens (including phenoxy) is 1. The van der Waals surface area contributed by atoms with Crippen molar-refractivity contribution in [1.82, 2.24) is 15.1 Å². The molecule has 0 saturated carbocycles. The van der Waals surface area contributed by atoms with Crippen molar-refractivity contribution in [2.45, 2.75) is 25.9 Å². The summed E-state index contributed by atoms with van der Waals surface area (Å²) in [4.78, 5) is 15.1. The van der Waals surface area contributed by atoms with E-state index < -0.39 is 0 Å². The third kappa shape index (κ3) is 4.39. The molecule has 0 radical (unpaired) electrons. The molecule has 0 aliphatic carbocycles. The van der Waals surface area contributed by atoms with Crippen molar-refractivity contribution in [3.63, 3.8) is 0 Å². The molecule has 2 aromatic heterocycles. The van der Waals surface area contributed by atoms with Crippen LogP contribution in [0.25, 0.3) is 6.08 Å². The summed E-state index contributed by atoms with van der Waals surface area (Å²) in [6, 6.07) is 7.70. The molecule has 6 heteroatoms. The Morgan fingerprint density at radius 3 is 2.78 bits per heavy atom. The quantitative estimate of drug-likeness (QED) is 0.809. The van der Waals surface area contributed by atoms with Crippen molar-refractivity contribution in [2.24, 2.45) is 0 Å². The zero-order valence-corrected chi connectivity index (χ0v) is 13.8. The van der Waals surface area contributed by atoms with E-state index in [4.69, 9.17) is 4.74 Å². The topological polar surface area (TPSA) is 55.3 Å². The van der Waals surface area contributed by atoms with Crippen LogP contribution < -0.4 is 4.74 Å². The van der Waals surface area contributed by atoms with Gasteiger partial charge in [-0.05, 0) is 30.5 Å². The van der Waals surface area contributed by atoms with Crippen LogP contribution in [-0.4, -0.2) is 40.2 Å². The predicted molar refractivity (Wildman–Crippen MR) is 90.4 cm³/mol. The lowest BCUT2D eigenvalue weighted by Gasteiger charge is -2.31. The van der Waals surface area contributed by atoms with E-state index in [2.05, 4.69) is 10.2 Å². The van der Waals surface area contributed by atoms with Gasteiger partial charge in [-0.1, -0.05) is 6.07 Å². The standard InChI is InChI=1S/C17H19N3O2S/c1-13-4-6-16(19-18-13)22-14-8-10-20(11-9-14)17(21)7-5-15-3-2-12-23-15/h2-7,12,14H,8-11H2,1H3/b7-5+. The fourth-order valence-electron chi connectivity index (χ4n) is 2.46. The van der Waals surface area contributed by atoms with Crippen molar-refractivity contribution in [1.29, 1.82) is 0 Å². The summed E-state index contributed by atoms with van der Waals surface area (Å²) >= 11 is 1.62. The lowest BCUT2D eigenvalue weighted by Crippen LogP contribution is -2.41. The Kier molecular flexibility index (Phi) is 5.02. The molecule has 5 nitrogen and oxygen atoms in total. The molecule has 0 N–H and O–H groups in total. The maximum Gasteiger partial charge on any atom is 0.246 e. The molecule has 2 aromatic rings. The minimum Gasteiger partial charge on any atom is -0.473 e. The predicted octanol–water partition coefficient (Wildman–Crippen LogP) is 2.93. The van der Waals surface area contributed by atoms with Crippen molar-refractivity contribution in [3.8, 4) is 5.88 Å². The molecule has 0 unspecified atom stereocenters. The van der Waals surface area contributed by atoms with Crippen molar-refractivity contribution >= 4 is 23.3 Å². The maximum absolute atomic E-state index is 12.2. The molecule has 1 amide bonds. The van der Waals surface area contributed by atoms with Crippen molar-refractivity contribution in [2.75, 3.05) is 13.1 Å². The van der Waals surface area contributed by atoms with Crippen LogP contribution in [0.1, 0.15) is 23.4 Å². The van der Waals surface area contributed by atoms with Gasteiger partial charge in [0.1, 0.15) is 6.10 Å². The first kappa shape index (κ1) is 15.7. The van der Waals surface area contributed by atoms with Gasteiger partial charge in [-0.3, -0.25) is 4.79 Å². The number of piperidine rings is 1. The van der Waals surface area contributed by atoms with Gasteiger partial charge >= 0.3 is 0 Å². The zero-order valence-electron chi connectivity index (χ0n) is 13.0. The van der Waals surface area contributed by atoms with E-state index in [1.807, 2.05) is 47.5 Å². The van der Waals surface area contributed by atoms with Crippen LogP contribution >= 0.6 is 11.3 Å². The summed E-state index contributed by atoms with van der Waals surface area (Å²) in [5.74, 6) is 0.616. The van der Waals surface area contributed by atoms with E-state index in [1.165, 1.54) is 0 Å². The van der Waals surface area contributed by atoms with Crippen LogP contribution in [0.5, 0.6) is 5.88 Å². The molecule has 0 spiro atoms. The number of carbonyl (C=O) groups excluding carboxylic acids is 1. The highest BCUT2D eigenvalue weighted by Gasteiger charge is 2.23. The fraction of sp³-hybridized carbons (Fsp3) is 0.353. The van der Waals surface area contributed by atoms with Crippen LogP contribution in [0.4, 0.5) is 0 Å². The fourth-order valence-corrected chi connectivity index (χ4v) is 3.08. The average molecular weight is 329 g/mol. The normalized spacial score (nSPS) is 16.0. The molecule has 1 fully saturated rings. The van der Waals surface area contributed by atoms with E-state index in [-0.39, 0.29) is 12.0 Å². The molecule has 1 saturated heterocycles. The summed E-state index contributed by atoms with van der Waals surface area (Å²) in [6.45, 7) is 3.31. The SMILES string of the molecule is Cc1ccc(OC2CCN(C(=O)/C=C/c3cccs3)CC2)nn1. The highest BCUT2D eigenvalue weighted by molar-refractivity contribution is 7.10. The van der Waals surface area contributed by atoms with Gasteiger partial charge < -0.3 is 9.64 Å². The highest BCUT2D eigenvalue weighted by atomic mass is 32.1. The highest BCUT2D eigenvalue weighted by Crippen LogP contribution is 2.17. The Morgan fingerprint density at radius 1 is 1.30 bits per heavy atom. The third-order valence-corrected chi connectivity index (χ3v) is 4.59. The minimum absolute atomic E-state index is 0.0620. The van der Waals surface area contributed by atoms with Gasteiger partial charge in [0, 0.05) is 43.0 Å². The number of likely N-dealkylation sites (tertiary alicyclic amines) is 1. The van der Waals surface area contributed by atoms with Gasteiger partial charge in [0.2, 0.25) is 11.8 Å². The Balaban J connectivity index is 1.48. The average Bonchev–Trinajstić information content (AvgIpc) is 3.09. The van der Waals surface area contributed by atoms with Crippen LogP contribution in [0.2, 0.25) is 0 Å². The number of thiophene rings is 1. The van der Waals surface area contributed by atoms with E-state index >= 15 is 0 Å². The Labute approximate surface area is 139 Å². The van der Waals surface area contributed by atoms with E-state index in [0.717, 1.165) is 23.4 Å². The monoisotopic (exact) mass is 329 g/mol. The van der Waals surface area contributed by atoms with Crippen LogP contribution in [0.3, 0.4) is 0 Å². The van der Waals surface area contributed by atoms with E-state index in [1.54, 1.807) is 17.4 Å². The first-order valence-electron chi connectivity index (χ1n) is 7.68. The molecule has 1 aliphatic rings. The molecule has 3 heterocycles. The summed E-state index contributed by atoms with van der Waals surface area (Å²) in [5, 5.41) is 10.0. The number of amides is 1. The van der Waals surface area contributed by atoms with Gasteiger partial charge in [-0.2, -0.15) is 5.10 Å². The number of aryl methyl sites for hydroxylation is 1. The van der Waals surface area contributed by atoms with Gasteiger partial charge in [0.15, 0.2) is 0 Å². The molecular formula is C17H19N3O2S. The summed E-state index contributed by atoms with van der Waals surface area (Å²) in [6.07, 6.45) is 5.25. The lowest BCUT2D eigenvalue weighted by molar-refractivity contribution is -0.127. The van der Waals surface area contributed by atoms with Gasteiger partial charge in [0.05, 0.1) is 5.69 Å². The molecule has 0 atom stereocenters. The molecule has 3 rings (SSSR count). The molecule has 0 bridgehead atoms. The number of hydrogen-bond donors (Lipinski definition) is 0. The third-order valence-electron chi connectivity index (χ3n) is 3.75. The van der Waals surface area contributed by atoms with E-state index in [0.29, 0.717) is 19.0 Å². The summed E-state index contributed by atoms with van der Waals surface area (Å²) < 4.78 is 5.83. The second kappa shape index (κ2) is 7.37. The zero-order chi connectivity index (χ0) is 16.1. The molecular weight excluding hydrogens is 310 g/mol.